The Morgan fingerprint density at radius 1 is 1.00 bits per heavy atom. The molecule has 8 rings (SSSR count). The second kappa shape index (κ2) is 16.8. The summed E-state index contributed by atoms with van der Waals surface area (Å²) in [6, 6.07) is 22.7. The molecule has 5 aliphatic rings. The third-order valence-corrected chi connectivity index (χ3v) is 18.3. The predicted octanol–water partition coefficient (Wildman–Crippen LogP) is 5.23. The van der Waals surface area contributed by atoms with Crippen molar-refractivity contribution in [3.05, 3.63) is 119 Å². The summed E-state index contributed by atoms with van der Waals surface area (Å²) in [6.07, 6.45) is 2.34. The van der Waals surface area contributed by atoms with Gasteiger partial charge in [0.05, 0.1) is 45.1 Å². The largest absolute Gasteiger partial charge is 0.493 e. The molecule has 0 spiro atoms. The number of nitriles is 1. The zero-order chi connectivity index (χ0) is 43.3. The van der Waals surface area contributed by atoms with Crippen molar-refractivity contribution in [1.29, 1.82) is 5.26 Å². The Kier molecular flexibility index (Phi) is 11.8. The van der Waals surface area contributed by atoms with Crippen LogP contribution in [0.3, 0.4) is 0 Å². The molecule has 4 heterocycles. The number of aryl methyl sites for hydroxylation is 1. The van der Waals surface area contributed by atoms with E-state index < -0.39 is 43.9 Å². The van der Waals surface area contributed by atoms with Crippen LogP contribution in [0.15, 0.2) is 102 Å². The van der Waals surface area contributed by atoms with Gasteiger partial charge in [-0.05, 0) is 46.8 Å². The summed E-state index contributed by atoms with van der Waals surface area (Å²) in [4.78, 5) is 19.4. The van der Waals surface area contributed by atoms with Gasteiger partial charge in [0.1, 0.15) is 6.04 Å². The summed E-state index contributed by atoms with van der Waals surface area (Å²) in [6.45, 7) is 15.5. The van der Waals surface area contributed by atoms with Crippen LogP contribution in [0.5, 0.6) is 11.5 Å². The van der Waals surface area contributed by atoms with Gasteiger partial charge in [-0.15, -0.1) is 6.58 Å². The third kappa shape index (κ3) is 6.84. The Morgan fingerprint density at radius 3 is 2.28 bits per heavy atom. The number of aliphatic hydroxyl groups is 1. The fraction of sp³-hybridized carbons (Fsp3) is 0.458. The van der Waals surface area contributed by atoms with Gasteiger partial charge in [-0.25, -0.2) is 0 Å². The first-order valence-corrected chi connectivity index (χ1v) is 23.0. The number of piperazine rings is 1. The van der Waals surface area contributed by atoms with Crippen molar-refractivity contribution in [2.45, 2.75) is 88.3 Å². The van der Waals surface area contributed by atoms with Gasteiger partial charge in [0.15, 0.2) is 41.2 Å². The average molecular weight is 848 g/mol. The zero-order valence-corrected chi connectivity index (χ0v) is 37.2. The number of hydrogen-bond acceptors (Lipinski definition) is 12. The number of rotatable bonds is 14. The number of carbonyl (C=O) groups is 1. The highest BCUT2D eigenvalue weighted by Gasteiger charge is 2.65. The van der Waals surface area contributed by atoms with Gasteiger partial charge in [0, 0.05) is 48.9 Å². The van der Waals surface area contributed by atoms with E-state index in [1.54, 1.807) is 21.1 Å². The van der Waals surface area contributed by atoms with Crippen molar-refractivity contribution in [3.8, 4) is 17.6 Å². The molecule has 13 heteroatoms. The highest BCUT2D eigenvalue weighted by molar-refractivity contribution is 6.99. The summed E-state index contributed by atoms with van der Waals surface area (Å²) in [5.41, 5.74) is 1.42. The number of nitrogens with zero attached hydrogens (tertiary/aromatic N) is 3. The number of Topliss-reactive ketones (excluding diaryl/α,β-unsaturated/α-hetero) is 1. The summed E-state index contributed by atoms with van der Waals surface area (Å²) in [5.74, 6) is 1.32. The van der Waals surface area contributed by atoms with Crippen LogP contribution in [0.4, 0.5) is 0 Å². The second-order valence-corrected chi connectivity index (χ2v) is 21.9. The lowest BCUT2D eigenvalue weighted by molar-refractivity contribution is -0.151. The Morgan fingerprint density at radius 2 is 1.67 bits per heavy atom. The van der Waals surface area contributed by atoms with Crippen LogP contribution in [-0.2, 0) is 34.6 Å². The molecule has 0 radical (unpaired) electrons. The molecule has 12 nitrogen and oxygen atoms in total. The first kappa shape index (κ1) is 42.9. The minimum Gasteiger partial charge on any atom is -0.493 e. The van der Waals surface area contributed by atoms with Gasteiger partial charge in [0.2, 0.25) is 6.79 Å². The normalized spacial score (nSPS) is 26.0. The smallest absolute Gasteiger partial charge is 0.261 e. The van der Waals surface area contributed by atoms with E-state index in [2.05, 4.69) is 73.6 Å². The van der Waals surface area contributed by atoms with Gasteiger partial charge >= 0.3 is 0 Å². The maximum atomic E-state index is 14.9. The predicted molar refractivity (Wildman–Crippen MR) is 232 cm³/mol. The number of ketones is 1. The van der Waals surface area contributed by atoms with E-state index in [-0.39, 0.29) is 37.7 Å². The molecule has 3 aromatic rings. The molecule has 1 aliphatic carbocycles. The maximum absolute atomic E-state index is 14.9. The van der Waals surface area contributed by atoms with Gasteiger partial charge < -0.3 is 38.0 Å². The maximum Gasteiger partial charge on any atom is 0.261 e. The van der Waals surface area contributed by atoms with E-state index in [4.69, 9.17) is 32.8 Å². The zero-order valence-electron chi connectivity index (χ0n) is 36.2. The lowest BCUT2D eigenvalue weighted by Crippen LogP contribution is -2.75. The number of carbonyl (C=O) groups excluding carboxylic acids is 1. The van der Waals surface area contributed by atoms with Crippen LogP contribution < -0.4 is 19.8 Å². The summed E-state index contributed by atoms with van der Waals surface area (Å²) in [5, 5.41) is 26.6. The quantitative estimate of drug-likeness (QED) is 0.0987. The molecule has 6 atom stereocenters. The Bertz CT molecular complexity index is 2230. The van der Waals surface area contributed by atoms with Gasteiger partial charge in [-0.1, -0.05) is 93.6 Å². The molecule has 2 bridgehead atoms. The van der Waals surface area contributed by atoms with Crippen LogP contribution in [0.1, 0.15) is 56.8 Å². The molecule has 0 amide bonds. The number of fused-ring (bicyclic) bond motifs is 8. The molecule has 3 fully saturated rings. The first-order valence-electron chi connectivity index (χ1n) is 21.0. The molecule has 0 saturated carbocycles. The molecule has 1 N–H and O–H groups in total. The van der Waals surface area contributed by atoms with Gasteiger partial charge in [-0.3, -0.25) is 14.6 Å². The topological polar surface area (TPSA) is 132 Å². The highest BCUT2D eigenvalue weighted by Crippen LogP contribution is 2.57. The molecule has 61 heavy (non-hydrogen) atoms. The number of methoxy groups -OCH3 is 2. The van der Waals surface area contributed by atoms with Gasteiger partial charge in [-0.2, -0.15) is 5.26 Å². The molecule has 3 saturated heterocycles. The lowest BCUT2D eigenvalue weighted by Gasteiger charge is -2.63. The molecular weight excluding hydrogens is 791 g/mol. The molecule has 0 aromatic heterocycles. The Balaban J connectivity index is 1.35. The fourth-order valence-electron chi connectivity index (χ4n) is 10.9. The fourth-order valence-corrected chi connectivity index (χ4v) is 15.5. The van der Waals surface area contributed by atoms with Crippen molar-refractivity contribution < 1.29 is 42.7 Å². The number of hydrogen-bond donors (Lipinski definition) is 1. The molecule has 322 valence electrons. The van der Waals surface area contributed by atoms with Crippen molar-refractivity contribution in [2.24, 2.45) is 0 Å². The minimum atomic E-state index is -3.20. The Labute approximate surface area is 360 Å². The number of ether oxygens (including phenoxy) is 6. The summed E-state index contributed by atoms with van der Waals surface area (Å²) in [7, 11) is 0.0406. The first-order chi connectivity index (χ1) is 29.4. The molecule has 3 aromatic carbocycles. The lowest BCUT2D eigenvalue weighted by atomic mass is 9.64. The van der Waals surface area contributed by atoms with Crippen LogP contribution in [0, 0.1) is 18.3 Å². The van der Waals surface area contributed by atoms with E-state index in [1.807, 2.05) is 49.4 Å². The van der Waals surface area contributed by atoms with Crippen molar-refractivity contribution in [2.75, 3.05) is 54.2 Å². The third-order valence-electron chi connectivity index (χ3n) is 13.3. The van der Waals surface area contributed by atoms with E-state index in [9.17, 15) is 15.2 Å². The van der Waals surface area contributed by atoms with E-state index in [0.717, 1.165) is 27.1 Å². The van der Waals surface area contributed by atoms with Crippen molar-refractivity contribution in [1.82, 2.24) is 9.80 Å². The molecule has 4 aliphatic heterocycles. The highest BCUT2D eigenvalue weighted by atomic mass is 28.4. The second-order valence-electron chi connectivity index (χ2n) is 17.6. The van der Waals surface area contributed by atoms with Crippen LogP contribution in [0.2, 0.25) is 5.04 Å². The number of benzene rings is 3. The Hall–Kier alpha value is -4.78. The monoisotopic (exact) mass is 847 g/mol. The van der Waals surface area contributed by atoms with Gasteiger partial charge in [0.25, 0.3) is 8.32 Å². The molecular formula is C48H57N3O9Si. The summed E-state index contributed by atoms with van der Waals surface area (Å²) < 4.78 is 43.6. The van der Waals surface area contributed by atoms with Crippen molar-refractivity contribution in [3.63, 3.8) is 0 Å². The van der Waals surface area contributed by atoms with E-state index >= 15 is 0 Å². The van der Waals surface area contributed by atoms with Crippen LogP contribution in [0.25, 0.3) is 0 Å². The van der Waals surface area contributed by atoms with E-state index in [0.29, 0.717) is 60.3 Å². The van der Waals surface area contributed by atoms with Crippen molar-refractivity contribution >= 4 is 24.5 Å². The number of piperidine rings is 1. The SMILES string of the molecule is C=CCN1[C@@H]2c3c(cc(C)c(OC)c3OCOCCOC)C[C@H]1[C@H](C#N)N1C2CC2(O)C(=O)C(C)=C3OCOC3=C2[C@@H]1CO[Si](c1ccccc1)(c1ccccc1)C(C)(C)C. The molecule has 2 unspecified atom stereocenters. The minimum absolute atomic E-state index is 0.0308. The van der Waals surface area contributed by atoms with E-state index in [1.165, 1.54) is 0 Å². The van der Waals surface area contributed by atoms with Crippen LogP contribution in [-0.4, -0.2) is 113 Å². The average Bonchev–Trinajstić information content (AvgIpc) is 3.73. The summed E-state index contributed by atoms with van der Waals surface area (Å²) >= 11 is 0. The standard InChI is InChI=1S/C48H57N3O9Si/c1-9-20-50-35-24-32-23-30(2)42(55-8)44(57-28-56-22-21-54-7)39(32)41(50)36-25-48(53)40(45-43(58-29-59-45)31(3)46(48)52)38(51(36)37(35)26-49)27-60-61(47(4,5)6,33-16-12-10-13-17-33)34-18-14-11-15-19-34/h9-19,23,35-38,41,53H,1,20-22,24-25,27-29H2,2-8H3/t35-,36?,37-,38-,41-,48?/m0/s1. The van der Waals surface area contributed by atoms with Crippen LogP contribution >= 0.6 is 0 Å².